The molecule has 1 heterocycles. The van der Waals surface area contributed by atoms with Crippen LogP contribution in [-0.2, 0) is 0 Å². The van der Waals surface area contributed by atoms with E-state index in [9.17, 15) is 9.90 Å². The van der Waals surface area contributed by atoms with Crippen LogP contribution in [0.15, 0.2) is 12.1 Å². The van der Waals surface area contributed by atoms with Crippen LogP contribution in [0.1, 0.15) is 55.6 Å². The Kier molecular flexibility index (Phi) is 6.25. The van der Waals surface area contributed by atoms with Crippen LogP contribution in [0.4, 0.5) is 0 Å². The number of aliphatic hydroxyl groups is 1. The van der Waals surface area contributed by atoms with Gasteiger partial charge < -0.3 is 10.4 Å². The van der Waals surface area contributed by atoms with Gasteiger partial charge in [0, 0.05) is 17.8 Å². The quantitative estimate of drug-likeness (QED) is 0.790. The maximum atomic E-state index is 12.0. The van der Waals surface area contributed by atoms with E-state index in [0.717, 1.165) is 12.1 Å². The SMILES string of the molecule is CCCC(O)CNC(=O)c1cc(Cl)nc(C(C)C)c1. The van der Waals surface area contributed by atoms with E-state index >= 15 is 0 Å². The number of amides is 1. The molecule has 0 spiro atoms. The third-order valence-corrected chi connectivity index (χ3v) is 2.98. The average Bonchev–Trinajstić information content (AvgIpc) is 2.35. The molecule has 2 N–H and O–H groups in total. The van der Waals surface area contributed by atoms with E-state index in [4.69, 9.17) is 11.6 Å². The Hall–Kier alpha value is -1.13. The van der Waals surface area contributed by atoms with Gasteiger partial charge in [0.15, 0.2) is 0 Å². The van der Waals surface area contributed by atoms with Crippen LogP contribution in [-0.4, -0.2) is 28.6 Å². The number of carbonyl (C=O) groups excluding carboxylic acids is 1. The number of hydrogen-bond acceptors (Lipinski definition) is 3. The fraction of sp³-hybridized carbons (Fsp3) is 0.571. The predicted octanol–water partition coefficient (Wildman–Crippen LogP) is 2.75. The zero-order chi connectivity index (χ0) is 14.4. The Morgan fingerprint density at radius 3 is 2.74 bits per heavy atom. The molecule has 1 amide bonds. The highest BCUT2D eigenvalue weighted by Gasteiger charge is 2.12. The van der Waals surface area contributed by atoms with Gasteiger partial charge in [-0.2, -0.15) is 0 Å². The van der Waals surface area contributed by atoms with Crippen molar-refractivity contribution in [1.29, 1.82) is 0 Å². The van der Waals surface area contributed by atoms with E-state index in [1.54, 1.807) is 6.07 Å². The molecule has 1 aromatic heterocycles. The third-order valence-electron chi connectivity index (χ3n) is 2.79. The van der Waals surface area contributed by atoms with Crippen molar-refractivity contribution in [3.63, 3.8) is 0 Å². The minimum atomic E-state index is -0.504. The van der Waals surface area contributed by atoms with Gasteiger partial charge in [-0.05, 0) is 24.5 Å². The molecule has 0 aliphatic rings. The maximum absolute atomic E-state index is 12.0. The van der Waals surface area contributed by atoms with Crippen molar-refractivity contribution >= 4 is 17.5 Å². The number of pyridine rings is 1. The van der Waals surface area contributed by atoms with Crippen molar-refractivity contribution < 1.29 is 9.90 Å². The van der Waals surface area contributed by atoms with Crippen LogP contribution in [0.2, 0.25) is 5.15 Å². The van der Waals surface area contributed by atoms with Crippen molar-refractivity contribution in [2.24, 2.45) is 0 Å². The molecule has 0 saturated heterocycles. The number of carbonyl (C=O) groups is 1. The molecular formula is C14H21ClN2O2. The van der Waals surface area contributed by atoms with Gasteiger partial charge in [-0.25, -0.2) is 4.98 Å². The number of aliphatic hydroxyl groups excluding tert-OH is 1. The fourth-order valence-electron chi connectivity index (χ4n) is 1.69. The zero-order valence-electron chi connectivity index (χ0n) is 11.6. The molecule has 0 bridgehead atoms. The molecule has 5 heteroatoms. The predicted molar refractivity (Wildman–Crippen MR) is 76.6 cm³/mol. The summed E-state index contributed by atoms with van der Waals surface area (Å²) in [4.78, 5) is 16.1. The monoisotopic (exact) mass is 284 g/mol. The number of hydrogen-bond donors (Lipinski definition) is 2. The number of halogens is 1. The van der Waals surface area contributed by atoms with E-state index in [1.165, 1.54) is 6.07 Å². The van der Waals surface area contributed by atoms with Crippen molar-refractivity contribution in [2.75, 3.05) is 6.54 Å². The van der Waals surface area contributed by atoms with Gasteiger partial charge in [0.05, 0.1) is 6.10 Å². The molecule has 0 aliphatic heterocycles. The van der Waals surface area contributed by atoms with Crippen molar-refractivity contribution in [1.82, 2.24) is 10.3 Å². The van der Waals surface area contributed by atoms with E-state index in [0.29, 0.717) is 17.1 Å². The number of nitrogens with one attached hydrogen (secondary N) is 1. The normalized spacial score (nSPS) is 12.5. The Morgan fingerprint density at radius 2 is 2.16 bits per heavy atom. The Labute approximate surface area is 119 Å². The average molecular weight is 285 g/mol. The molecule has 0 saturated carbocycles. The second-order valence-corrected chi connectivity index (χ2v) is 5.30. The lowest BCUT2D eigenvalue weighted by Crippen LogP contribution is -2.32. The summed E-state index contributed by atoms with van der Waals surface area (Å²) in [5.41, 5.74) is 1.26. The summed E-state index contributed by atoms with van der Waals surface area (Å²) >= 11 is 5.91. The molecule has 19 heavy (non-hydrogen) atoms. The molecule has 106 valence electrons. The van der Waals surface area contributed by atoms with Gasteiger partial charge in [-0.1, -0.05) is 38.8 Å². The largest absolute Gasteiger partial charge is 0.391 e. The number of aromatic nitrogens is 1. The van der Waals surface area contributed by atoms with Crippen LogP contribution < -0.4 is 5.32 Å². The molecule has 0 radical (unpaired) electrons. The summed E-state index contributed by atoms with van der Waals surface area (Å²) in [7, 11) is 0. The molecule has 1 atom stereocenters. The topological polar surface area (TPSA) is 62.2 Å². The lowest BCUT2D eigenvalue weighted by Gasteiger charge is -2.12. The smallest absolute Gasteiger partial charge is 0.251 e. The molecule has 1 rings (SSSR count). The highest BCUT2D eigenvalue weighted by Crippen LogP contribution is 2.17. The zero-order valence-corrected chi connectivity index (χ0v) is 12.4. The summed E-state index contributed by atoms with van der Waals surface area (Å²) in [6.45, 7) is 6.23. The van der Waals surface area contributed by atoms with Crippen LogP contribution in [0.3, 0.4) is 0 Å². The van der Waals surface area contributed by atoms with E-state index < -0.39 is 6.10 Å². The molecule has 1 aromatic rings. The highest BCUT2D eigenvalue weighted by molar-refractivity contribution is 6.29. The summed E-state index contributed by atoms with van der Waals surface area (Å²) in [5.74, 6) is -0.0303. The second kappa shape index (κ2) is 7.46. The summed E-state index contributed by atoms with van der Waals surface area (Å²) in [6, 6.07) is 3.27. The summed E-state index contributed by atoms with van der Waals surface area (Å²) < 4.78 is 0. The minimum absolute atomic E-state index is 0.205. The standard InChI is InChI=1S/C14H21ClN2O2/c1-4-5-11(18)8-16-14(19)10-6-12(9(2)3)17-13(15)7-10/h6-7,9,11,18H,4-5,8H2,1-3H3,(H,16,19). The second-order valence-electron chi connectivity index (χ2n) is 4.91. The molecule has 0 aliphatic carbocycles. The first-order valence-corrected chi connectivity index (χ1v) is 6.95. The van der Waals surface area contributed by atoms with Crippen molar-refractivity contribution in [3.05, 3.63) is 28.5 Å². The Bertz CT molecular complexity index is 435. The van der Waals surface area contributed by atoms with Gasteiger partial charge in [-0.15, -0.1) is 0 Å². The van der Waals surface area contributed by atoms with Gasteiger partial charge in [0.1, 0.15) is 5.15 Å². The van der Waals surface area contributed by atoms with E-state index in [1.807, 2.05) is 20.8 Å². The molecule has 1 unspecified atom stereocenters. The van der Waals surface area contributed by atoms with Crippen LogP contribution in [0.25, 0.3) is 0 Å². The number of rotatable bonds is 6. The first-order chi connectivity index (χ1) is 8.93. The molecule has 4 nitrogen and oxygen atoms in total. The number of nitrogens with zero attached hydrogens (tertiary/aromatic N) is 1. The molecule has 0 fully saturated rings. The van der Waals surface area contributed by atoms with Gasteiger partial charge in [0.2, 0.25) is 0 Å². The third kappa shape index (κ3) is 5.17. The van der Waals surface area contributed by atoms with Crippen molar-refractivity contribution in [3.8, 4) is 0 Å². The lowest BCUT2D eigenvalue weighted by molar-refractivity contribution is 0.0910. The summed E-state index contributed by atoms with van der Waals surface area (Å²) in [5, 5.41) is 12.6. The first-order valence-electron chi connectivity index (χ1n) is 6.57. The van der Waals surface area contributed by atoms with Crippen LogP contribution in [0.5, 0.6) is 0 Å². The van der Waals surface area contributed by atoms with E-state index in [2.05, 4.69) is 10.3 Å². The van der Waals surface area contributed by atoms with Crippen LogP contribution >= 0.6 is 11.6 Å². The van der Waals surface area contributed by atoms with Gasteiger partial charge in [0.25, 0.3) is 5.91 Å². The lowest BCUT2D eigenvalue weighted by atomic mass is 10.1. The highest BCUT2D eigenvalue weighted by atomic mass is 35.5. The van der Waals surface area contributed by atoms with Gasteiger partial charge in [-0.3, -0.25) is 4.79 Å². The molecular weight excluding hydrogens is 264 g/mol. The van der Waals surface area contributed by atoms with Gasteiger partial charge >= 0.3 is 0 Å². The van der Waals surface area contributed by atoms with Crippen molar-refractivity contribution in [2.45, 2.75) is 45.6 Å². The maximum Gasteiger partial charge on any atom is 0.251 e. The fourth-order valence-corrected chi connectivity index (χ4v) is 1.91. The molecule has 0 aromatic carbocycles. The van der Waals surface area contributed by atoms with Crippen LogP contribution in [0, 0.1) is 0 Å². The summed E-state index contributed by atoms with van der Waals surface area (Å²) in [6.07, 6.45) is 1.06. The Balaban J connectivity index is 2.71. The Morgan fingerprint density at radius 1 is 1.47 bits per heavy atom. The minimum Gasteiger partial charge on any atom is -0.391 e. The first kappa shape index (κ1) is 15.9. The van der Waals surface area contributed by atoms with E-state index in [-0.39, 0.29) is 18.4 Å².